The third kappa shape index (κ3) is 4.34. The first-order chi connectivity index (χ1) is 18.0. The minimum Gasteiger partial charge on any atom is -0.336 e. The minimum atomic E-state index is -4.67. The van der Waals surface area contributed by atoms with Gasteiger partial charge < -0.3 is 14.7 Å². The Kier molecular flexibility index (Phi) is 6.29. The third-order valence-corrected chi connectivity index (χ3v) is 6.82. The molecular weight excluding hydrogens is 510 g/mol. The van der Waals surface area contributed by atoms with E-state index in [9.17, 15) is 31.9 Å². The Morgan fingerprint density at radius 3 is 2.29 bits per heavy atom. The molecule has 2 aliphatic rings. The zero-order chi connectivity index (χ0) is 27.4. The summed E-state index contributed by atoms with van der Waals surface area (Å²) in [5, 5.41) is 0. The van der Waals surface area contributed by atoms with E-state index in [4.69, 9.17) is 0 Å². The number of hydrogen-bond acceptors (Lipinski definition) is 6. The summed E-state index contributed by atoms with van der Waals surface area (Å²) in [4.78, 5) is 51.9. The molecule has 200 valence electrons. The minimum absolute atomic E-state index is 0.0211. The van der Waals surface area contributed by atoms with Gasteiger partial charge in [-0.2, -0.15) is 13.2 Å². The fourth-order valence-electron chi connectivity index (χ4n) is 4.70. The van der Waals surface area contributed by atoms with Crippen LogP contribution < -0.4 is 5.69 Å². The van der Waals surface area contributed by atoms with E-state index in [0.29, 0.717) is 26.2 Å². The number of amides is 2. The summed E-state index contributed by atoms with van der Waals surface area (Å²) in [6.45, 7) is 5.22. The van der Waals surface area contributed by atoms with Crippen LogP contribution in [-0.2, 0) is 11.0 Å². The van der Waals surface area contributed by atoms with Crippen molar-refractivity contribution >= 4 is 23.0 Å². The average molecular weight is 533 g/mol. The van der Waals surface area contributed by atoms with Crippen LogP contribution in [-0.4, -0.2) is 91.9 Å². The number of rotatable bonds is 4. The van der Waals surface area contributed by atoms with Crippen LogP contribution in [0.1, 0.15) is 22.1 Å². The molecule has 2 saturated heterocycles. The lowest BCUT2D eigenvalue weighted by Crippen LogP contribution is -2.53. The average Bonchev–Trinajstić information content (AvgIpc) is 3.14. The largest absolute Gasteiger partial charge is 0.433 e. The first kappa shape index (κ1) is 25.6. The van der Waals surface area contributed by atoms with Gasteiger partial charge in [0, 0.05) is 45.5 Å². The summed E-state index contributed by atoms with van der Waals surface area (Å²) < 4.78 is 54.9. The molecule has 38 heavy (non-hydrogen) atoms. The van der Waals surface area contributed by atoms with Gasteiger partial charge in [-0.25, -0.2) is 23.7 Å². The number of likely N-dealkylation sites (N-methyl/N-ethyl adjacent to an activating group) is 1. The van der Waals surface area contributed by atoms with E-state index < -0.39 is 35.3 Å². The Bertz CT molecular complexity index is 1480. The number of nitrogens with zero attached hydrogens (tertiary/aromatic N) is 7. The van der Waals surface area contributed by atoms with E-state index in [-0.39, 0.29) is 41.4 Å². The molecule has 5 heterocycles. The van der Waals surface area contributed by atoms with Gasteiger partial charge in [0.15, 0.2) is 11.5 Å². The second-order valence-electron chi connectivity index (χ2n) is 9.28. The number of likely N-dealkylation sites (tertiary alicyclic amines) is 1. The molecule has 0 unspecified atom stereocenters. The molecule has 3 aromatic rings. The van der Waals surface area contributed by atoms with Gasteiger partial charge >= 0.3 is 11.9 Å². The Morgan fingerprint density at radius 2 is 1.71 bits per heavy atom. The molecule has 0 bridgehead atoms. The lowest BCUT2D eigenvalue weighted by Gasteiger charge is -2.39. The summed E-state index contributed by atoms with van der Waals surface area (Å²) in [5.41, 5.74) is -1.36. The van der Waals surface area contributed by atoms with Crippen molar-refractivity contribution in [2.45, 2.75) is 12.2 Å². The smallest absolute Gasteiger partial charge is 0.336 e. The molecule has 0 aliphatic carbocycles. The molecule has 0 N–H and O–H groups in total. The Hall–Kier alpha value is -4.07. The molecule has 10 nitrogen and oxygen atoms in total. The number of aromatic nitrogens is 4. The van der Waals surface area contributed by atoms with Gasteiger partial charge in [-0.1, -0.05) is 6.58 Å². The Balaban J connectivity index is 1.63. The highest BCUT2D eigenvalue weighted by Crippen LogP contribution is 2.31. The first-order valence-corrected chi connectivity index (χ1v) is 11.7. The maximum absolute atomic E-state index is 13.7. The van der Waals surface area contributed by atoms with Crippen molar-refractivity contribution < 1.29 is 27.2 Å². The number of piperazine rings is 1. The summed E-state index contributed by atoms with van der Waals surface area (Å²) in [6, 6.07) is 2.71. The molecule has 0 aromatic carbocycles. The topological polar surface area (TPSA) is 96.6 Å². The predicted octanol–water partition coefficient (Wildman–Crippen LogP) is 1.86. The van der Waals surface area contributed by atoms with Crippen molar-refractivity contribution in [2.75, 3.05) is 46.3 Å². The molecule has 0 saturated carbocycles. The highest BCUT2D eigenvalue weighted by Gasteiger charge is 2.38. The van der Waals surface area contributed by atoms with Crippen molar-refractivity contribution in [3.05, 3.63) is 64.7 Å². The Labute approximate surface area is 213 Å². The van der Waals surface area contributed by atoms with Crippen LogP contribution >= 0.6 is 0 Å². The quantitative estimate of drug-likeness (QED) is 0.375. The summed E-state index contributed by atoms with van der Waals surface area (Å²) in [7, 11) is 1.94. The summed E-state index contributed by atoms with van der Waals surface area (Å²) in [6.07, 6.45) is -2.40. The van der Waals surface area contributed by atoms with E-state index in [2.05, 4.69) is 21.4 Å². The van der Waals surface area contributed by atoms with Gasteiger partial charge in [0.25, 0.3) is 11.8 Å². The standard InChI is InChI=1S/C24H23F4N7O3/c1-14(25)21(36)33-12-16(13-33)34-19-17(22(37)32-9-7-31(2)8-10-32)5-6-29-20(19)35(23(34)38)15-3-4-18(30-11-15)24(26,27)28/h3-6,11,16H,1,7-10,12-13H2,2H3. The predicted molar refractivity (Wildman–Crippen MR) is 127 cm³/mol. The molecule has 2 amide bonds. The van der Waals surface area contributed by atoms with E-state index in [0.717, 1.165) is 22.9 Å². The number of alkyl halides is 3. The molecule has 0 spiro atoms. The fraction of sp³-hybridized carbons (Fsp3) is 0.375. The van der Waals surface area contributed by atoms with E-state index >= 15 is 0 Å². The van der Waals surface area contributed by atoms with E-state index in [1.807, 2.05) is 7.05 Å². The SMILES string of the molecule is C=C(F)C(=O)N1CC(n2c(=O)n(-c3ccc(C(F)(F)F)nc3)c3nccc(C(=O)N4CCN(C)CC4)c32)C1. The molecule has 2 aliphatic heterocycles. The molecule has 3 aromatic heterocycles. The van der Waals surface area contributed by atoms with Crippen LogP contribution in [0.4, 0.5) is 17.6 Å². The molecule has 2 fully saturated rings. The van der Waals surface area contributed by atoms with Crippen LogP contribution in [0.2, 0.25) is 0 Å². The van der Waals surface area contributed by atoms with Crippen molar-refractivity contribution in [1.82, 2.24) is 33.8 Å². The van der Waals surface area contributed by atoms with E-state index in [1.165, 1.54) is 21.7 Å². The van der Waals surface area contributed by atoms with Crippen molar-refractivity contribution in [2.24, 2.45) is 0 Å². The molecule has 0 radical (unpaired) electrons. The van der Waals surface area contributed by atoms with Gasteiger partial charge in [0.05, 0.1) is 23.5 Å². The van der Waals surface area contributed by atoms with Crippen molar-refractivity contribution in [1.29, 1.82) is 0 Å². The van der Waals surface area contributed by atoms with Gasteiger partial charge in [0.2, 0.25) is 0 Å². The number of fused-ring (bicyclic) bond motifs is 1. The van der Waals surface area contributed by atoms with Gasteiger partial charge in [-0.05, 0) is 25.2 Å². The number of imidazole rings is 1. The highest BCUT2D eigenvalue weighted by atomic mass is 19.4. The number of hydrogen-bond donors (Lipinski definition) is 0. The molecule has 5 rings (SSSR count). The number of carbonyl (C=O) groups excluding carboxylic acids is 2. The van der Waals surface area contributed by atoms with Crippen LogP contribution in [0.5, 0.6) is 0 Å². The monoisotopic (exact) mass is 533 g/mol. The van der Waals surface area contributed by atoms with Crippen molar-refractivity contribution in [3.8, 4) is 5.69 Å². The summed E-state index contributed by atoms with van der Waals surface area (Å²) in [5.74, 6) is -2.37. The Morgan fingerprint density at radius 1 is 1.03 bits per heavy atom. The highest BCUT2D eigenvalue weighted by molar-refractivity contribution is 6.04. The lowest BCUT2D eigenvalue weighted by atomic mass is 10.1. The van der Waals surface area contributed by atoms with Gasteiger partial charge in [-0.15, -0.1) is 0 Å². The van der Waals surface area contributed by atoms with Gasteiger partial charge in [-0.3, -0.25) is 14.2 Å². The van der Waals surface area contributed by atoms with Crippen LogP contribution in [0.15, 0.2) is 47.8 Å². The molecule has 0 atom stereocenters. The van der Waals surface area contributed by atoms with Gasteiger partial charge in [0.1, 0.15) is 11.2 Å². The van der Waals surface area contributed by atoms with Crippen LogP contribution in [0.3, 0.4) is 0 Å². The zero-order valence-electron chi connectivity index (χ0n) is 20.3. The number of carbonyl (C=O) groups is 2. The number of halogens is 4. The van der Waals surface area contributed by atoms with Crippen molar-refractivity contribution in [3.63, 3.8) is 0 Å². The second kappa shape index (κ2) is 9.35. The van der Waals surface area contributed by atoms with E-state index in [1.54, 1.807) is 4.90 Å². The molecular formula is C24H23F4N7O3. The maximum atomic E-state index is 13.7. The third-order valence-electron chi connectivity index (χ3n) is 6.82. The number of pyridine rings is 2. The van der Waals surface area contributed by atoms with Crippen LogP contribution in [0, 0.1) is 0 Å². The fourth-order valence-corrected chi connectivity index (χ4v) is 4.70. The second-order valence-corrected chi connectivity index (χ2v) is 9.28. The summed E-state index contributed by atoms with van der Waals surface area (Å²) >= 11 is 0. The normalized spacial score (nSPS) is 17.1. The zero-order valence-corrected chi connectivity index (χ0v) is 20.3. The maximum Gasteiger partial charge on any atom is 0.433 e. The lowest BCUT2D eigenvalue weighted by molar-refractivity contribution is -0.141. The molecule has 14 heteroatoms. The van der Waals surface area contributed by atoms with Crippen LogP contribution in [0.25, 0.3) is 16.9 Å². The first-order valence-electron chi connectivity index (χ1n) is 11.7.